The monoisotopic (exact) mass is 781 g/mol. The zero-order valence-corrected chi connectivity index (χ0v) is 28.5. The molecule has 2 aliphatic rings. The third kappa shape index (κ3) is 7.05. The molecule has 2 unspecified atom stereocenters. The van der Waals surface area contributed by atoms with E-state index in [0.717, 1.165) is 35.2 Å². The standard InChI is InChI=1S/C34H32F9N3O6S/c1-21(48)46-16-15-44(17-25(46)18-47)30(49)45-14-13-31(20-45,53(50,51)26-11-9-24(35)10-12-26)22-5-7-23(8-6-22)32(33(38,39)40,34(41,42)43)52-19-27-28(36)3-2-4-29(27)37/h2-12,25,47H,13-20H2,1H3. The molecule has 2 heterocycles. The number of amides is 3. The van der Waals surface area contributed by atoms with E-state index in [1.54, 1.807) is 0 Å². The van der Waals surface area contributed by atoms with Gasteiger partial charge in [-0.2, -0.15) is 26.3 Å². The highest BCUT2D eigenvalue weighted by Crippen LogP contribution is 2.54. The fourth-order valence-electron chi connectivity index (χ4n) is 6.79. The van der Waals surface area contributed by atoms with Crippen molar-refractivity contribution in [2.24, 2.45) is 0 Å². The third-order valence-electron chi connectivity index (χ3n) is 9.62. The maximum Gasteiger partial charge on any atom is 0.430 e. The summed E-state index contributed by atoms with van der Waals surface area (Å²) in [6, 6.07) is 6.22. The number of likely N-dealkylation sites (tertiary alicyclic amines) is 1. The van der Waals surface area contributed by atoms with Gasteiger partial charge in [-0.3, -0.25) is 4.79 Å². The molecule has 3 amide bonds. The van der Waals surface area contributed by atoms with Gasteiger partial charge in [0.2, 0.25) is 5.91 Å². The van der Waals surface area contributed by atoms with E-state index in [0.29, 0.717) is 36.4 Å². The summed E-state index contributed by atoms with van der Waals surface area (Å²) in [7, 11) is -4.69. The van der Waals surface area contributed by atoms with Gasteiger partial charge >= 0.3 is 18.4 Å². The number of carbonyl (C=O) groups excluding carboxylic acids is 2. The van der Waals surface area contributed by atoms with E-state index in [2.05, 4.69) is 4.74 Å². The van der Waals surface area contributed by atoms with Crippen molar-refractivity contribution in [2.45, 2.75) is 53.6 Å². The van der Waals surface area contributed by atoms with Crippen molar-refractivity contribution < 1.29 is 67.4 Å². The Hall–Kier alpha value is -4.36. The van der Waals surface area contributed by atoms with Gasteiger partial charge in [0.25, 0.3) is 5.60 Å². The Morgan fingerprint density at radius 3 is 1.96 bits per heavy atom. The van der Waals surface area contributed by atoms with E-state index < -0.39 is 104 Å². The Morgan fingerprint density at radius 1 is 0.849 bits per heavy atom. The van der Waals surface area contributed by atoms with Gasteiger partial charge in [0.15, 0.2) is 9.84 Å². The van der Waals surface area contributed by atoms with Gasteiger partial charge in [-0.1, -0.05) is 30.3 Å². The highest BCUT2D eigenvalue weighted by molar-refractivity contribution is 7.92. The second-order valence-corrected chi connectivity index (χ2v) is 14.9. The molecular formula is C34H32F9N3O6S. The average Bonchev–Trinajstić information content (AvgIpc) is 3.56. The number of hydrogen-bond acceptors (Lipinski definition) is 6. The fourth-order valence-corrected chi connectivity index (χ4v) is 8.87. The van der Waals surface area contributed by atoms with Gasteiger partial charge < -0.3 is 24.5 Å². The van der Waals surface area contributed by atoms with E-state index >= 15 is 0 Å². The number of hydrogen-bond donors (Lipinski definition) is 1. The number of alkyl halides is 6. The average molecular weight is 782 g/mol. The van der Waals surface area contributed by atoms with Crippen LogP contribution >= 0.6 is 0 Å². The number of nitrogens with zero attached hydrogens (tertiary/aromatic N) is 3. The van der Waals surface area contributed by atoms with Crippen molar-refractivity contribution >= 4 is 21.8 Å². The zero-order valence-electron chi connectivity index (χ0n) is 27.7. The lowest BCUT2D eigenvalue weighted by molar-refractivity contribution is -0.392. The Kier molecular flexibility index (Phi) is 10.9. The second-order valence-electron chi connectivity index (χ2n) is 12.6. The Morgan fingerprint density at radius 2 is 1.43 bits per heavy atom. The molecule has 5 rings (SSSR count). The molecule has 1 N–H and O–H groups in total. The van der Waals surface area contributed by atoms with Gasteiger partial charge in [0.1, 0.15) is 22.2 Å². The molecule has 0 aliphatic carbocycles. The maximum absolute atomic E-state index is 14.6. The summed E-state index contributed by atoms with van der Waals surface area (Å²) < 4.78 is 161. The largest absolute Gasteiger partial charge is 0.430 e. The molecule has 2 atom stereocenters. The van der Waals surface area contributed by atoms with Crippen LogP contribution in [0.15, 0.2) is 71.6 Å². The molecule has 2 aliphatic heterocycles. The van der Waals surface area contributed by atoms with Crippen LogP contribution in [-0.2, 0) is 36.3 Å². The zero-order chi connectivity index (χ0) is 39.1. The van der Waals surface area contributed by atoms with E-state index in [9.17, 15) is 62.6 Å². The number of benzene rings is 3. The lowest BCUT2D eigenvalue weighted by Crippen LogP contribution is -2.59. The van der Waals surface area contributed by atoms with Crippen LogP contribution in [0, 0.1) is 17.5 Å². The summed E-state index contributed by atoms with van der Waals surface area (Å²) in [5.41, 5.74) is -8.25. The van der Waals surface area contributed by atoms with Crippen LogP contribution in [0.2, 0.25) is 0 Å². The summed E-state index contributed by atoms with van der Waals surface area (Å²) in [5, 5.41) is 9.82. The number of urea groups is 1. The minimum atomic E-state index is -6.26. The first kappa shape index (κ1) is 39.8. The number of halogens is 9. The van der Waals surface area contributed by atoms with Crippen LogP contribution in [0.25, 0.3) is 0 Å². The highest BCUT2D eigenvalue weighted by atomic mass is 32.2. The predicted octanol–water partition coefficient (Wildman–Crippen LogP) is 5.66. The molecule has 0 radical (unpaired) electrons. The van der Waals surface area contributed by atoms with Crippen LogP contribution in [0.1, 0.15) is 30.0 Å². The molecule has 0 aromatic heterocycles. The Bertz CT molecular complexity index is 1910. The minimum Gasteiger partial charge on any atom is -0.394 e. The Balaban J connectivity index is 1.57. The molecule has 0 spiro atoms. The number of carbonyl (C=O) groups is 2. The summed E-state index contributed by atoms with van der Waals surface area (Å²) >= 11 is 0. The van der Waals surface area contributed by atoms with Crippen molar-refractivity contribution in [1.82, 2.24) is 14.7 Å². The molecule has 2 fully saturated rings. The van der Waals surface area contributed by atoms with E-state index in [1.165, 1.54) is 16.7 Å². The topological polar surface area (TPSA) is 107 Å². The summed E-state index contributed by atoms with van der Waals surface area (Å²) in [5.74, 6) is -4.08. The van der Waals surface area contributed by atoms with Gasteiger partial charge in [-0.15, -0.1) is 0 Å². The number of aliphatic hydroxyl groups excluding tert-OH is 1. The molecule has 0 bridgehead atoms. The quantitative estimate of drug-likeness (QED) is 0.234. The summed E-state index contributed by atoms with van der Waals surface area (Å²) in [6.45, 7) is -1.98. The highest BCUT2D eigenvalue weighted by Gasteiger charge is 2.73. The summed E-state index contributed by atoms with van der Waals surface area (Å²) in [6.07, 6.45) is -12.9. The van der Waals surface area contributed by atoms with E-state index in [1.807, 2.05) is 0 Å². The second kappa shape index (κ2) is 14.5. The summed E-state index contributed by atoms with van der Waals surface area (Å²) in [4.78, 5) is 29.0. The molecule has 288 valence electrons. The molecule has 3 aromatic rings. The van der Waals surface area contributed by atoms with E-state index in [-0.39, 0.29) is 37.6 Å². The first-order valence-corrected chi connectivity index (χ1v) is 17.4. The molecule has 9 nitrogen and oxygen atoms in total. The van der Waals surface area contributed by atoms with Gasteiger partial charge in [-0.25, -0.2) is 26.4 Å². The van der Waals surface area contributed by atoms with Gasteiger partial charge in [0, 0.05) is 50.8 Å². The fraction of sp³-hybridized carbons (Fsp3) is 0.412. The number of aliphatic hydroxyl groups is 1. The van der Waals surface area contributed by atoms with Crippen molar-refractivity contribution in [2.75, 3.05) is 39.3 Å². The van der Waals surface area contributed by atoms with Crippen LogP contribution in [-0.4, -0.2) is 97.9 Å². The van der Waals surface area contributed by atoms with Crippen LogP contribution in [0.3, 0.4) is 0 Å². The Labute approximate surface area is 297 Å². The number of sulfone groups is 1. The minimum absolute atomic E-state index is 0.00553. The number of rotatable bonds is 8. The molecule has 53 heavy (non-hydrogen) atoms. The van der Waals surface area contributed by atoms with Crippen LogP contribution in [0.4, 0.5) is 44.3 Å². The molecule has 19 heteroatoms. The first-order chi connectivity index (χ1) is 24.7. The van der Waals surface area contributed by atoms with Crippen LogP contribution in [0.5, 0.6) is 0 Å². The molecule has 3 aromatic carbocycles. The van der Waals surface area contributed by atoms with Gasteiger partial charge in [-0.05, 0) is 48.4 Å². The van der Waals surface area contributed by atoms with Gasteiger partial charge in [0.05, 0.1) is 24.2 Å². The number of piperazine rings is 1. The lowest BCUT2D eigenvalue weighted by Gasteiger charge is -2.41. The normalized spacial score (nSPS) is 20.2. The van der Waals surface area contributed by atoms with Crippen molar-refractivity contribution in [3.05, 3.63) is 101 Å². The van der Waals surface area contributed by atoms with Crippen molar-refractivity contribution in [3.8, 4) is 0 Å². The van der Waals surface area contributed by atoms with Crippen molar-refractivity contribution in [3.63, 3.8) is 0 Å². The molecule has 2 saturated heterocycles. The predicted molar refractivity (Wildman–Crippen MR) is 168 cm³/mol. The molecule has 0 saturated carbocycles. The maximum atomic E-state index is 14.6. The lowest BCUT2D eigenvalue weighted by atomic mass is 9.88. The molecular weight excluding hydrogens is 749 g/mol. The SMILES string of the molecule is CC(=O)N1CCN(C(=O)N2CCC(c3ccc(C(OCc4c(F)cccc4F)(C(F)(F)F)C(F)(F)F)cc3)(S(=O)(=O)c3ccc(F)cc3)C2)CC1CO. The smallest absolute Gasteiger partial charge is 0.394 e. The van der Waals surface area contributed by atoms with Crippen LogP contribution < -0.4 is 0 Å². The third-order valence-corrected chi connectivity index (χ3v) is 12.1. The van der Waals surface area contributed by atoms with E-state index in [4.69, 9.17) is 0 Å². The number of ether oxygens (including phenoxy) is 1. The van der Waals surface area contributed by atoms with Crippen molar-refractivity contribution in [1.29, 1.82) is 0 Å². The first-order valence-electron chi connectivity index (χ1n) is 15.9.